The van der Waals surface area contributed by atoms with E-state index in [1.165, 1.54) is 4.68 Å². The Labute approximate surface area is 137 Å². The molecule has 2 aromatic heterocycles. The van der Waals surface area contributed by atoms with Crippen LogP contribution in [0.25, 0.3) is 17.7 Å². The Morgan fingerprint density at radius 3 is 2.96 bits per heavy atom. The number of rotatable bonds is 5. The van der Waals surface area contributed by atoms with E-state index < -0.39 is 0 Å². The molecule has 23 heavy (non-hydrogen) atoms. The van der Waals surface area contributed by atoms with Gasteiger partial charge in [-0.15, -0.1) is 5.10 Å². The second-order valence-electron chi connectivity index (χ2n) is 4.51. The number of hydrogen-bond donors (Lipinski definition) is 1. The number of H-pyrrole nitrogens is 1. The SMILES string of the molecule is COc1ccccc1C=CC=Nn1c(-c2ccco2)n[nH]c1=S. The van der Waals surface area contributed by atoms with Crippen molar-refractivity contribution in [2.45, 2.75) is 0 Å². The highest BCUT2D eigenvalue weighted by Gasteiger charge is 2.09. The van der Waals surface area contributed by atoms with Crippen LogP contribution in [0.5, 0.6) is 5.75 Å². The molecule has 3 rings (SSSR count). The van der Waals surface area contributed by atoms with Gasteiger partial charge in [-0.2, -0.15) is 9.78 Å². The zero-order chi connectivity index (χ0) is 16.1. The highest BCUT2D eigenvalue weighted by molar-refractivity contribution is 7.71. The van der Waals surface area contributed by atoms with Gasteiger partial charge in [-0.05, 0) is 42.6 Å². The average Bonchev–Trinajstić information content (AvgIpc) is 3.22. The number of furan rings is 1. The third-order valence-corrected chi connectivity index (χ3v) is 3.34. The molecule has 7 heteroatoms. The Kier molecular flexibility index (Phi) is 4.49. The molecule has 0 saturated carbocycles. The summed E-state index contributed by atoms with van der Waals surface area (Å²) in [6.07, 6.45) is 6.91. The molecule has 1 aromatic carbocycles. The van der Waals surface area contributed by atoms with Crippen molar-refractivity contribution >= 4 is 24.5 Å². The zero-order valence-electron chi connectivity index (χ0n) is 12.3. The molecule has 0 unspecified atom stereocenters. The Morgan fingerprint density at radius 2 is 2.17 bits per heavy atom. The summed E-state index contributed by atoms with van der Waals surface area (Å²) in [6.45, 7) is 0. The van der Waals surface area contributed by atoms with E-state index in [1.54, 1.807) is 37.8 Å². The van der Waals surface area contributed by atoms with Crippen LogP contribution in [-0.4, -0.2) is 28.2 Å². The molecule has 116 valence electrons. The molecule has 0 aliphatic carbocycles. The number of nitrogens with one attached hydrogen (secondary N) is 1. The number of benzene rings is 1. The fourth-order valence-corrected chi connectivity index (χ4v) is 2.20. The molecular formula is C16H14N4O2S. The van der Waals surface area contributed by atoms with Gasteiger partial charge in [0.15, 0.2) is 5.76 Å². The maximum atomic E-state index is 5.32. The highest BCUT2D eigenvalue weighted by Crippen LogP contribution is 2.19. The van der Waals surface area contributed by atoms with Crippen LogP contribution >= 0.6 is 12.2 Å². The van der Waals surface area contributed by atoms with Crippen LogP contribution in [-0.2, 0) is 0 Å². The van der Waals surface area contributed by atoms with Crippen LogP contribution in [0.15, 0.2) is 58.3 Å². The topological polar surface area (TPSA) is 68.3 Å². The first kappa shape index (κ1) is 15.0. The second-order valence-corrected chi connectivity index (χ2v) is 4.89. The summed E-state index contributed by atoms with van der Waals surface area (Å²) in [5, 5.41) is 11.1. The monoisotopic (exact) mass is 326 g/mol. The van der Waals surface area contributed by atoms with Gasteiger partial charge in [0.2, 0.25) is 10.6 Å². The molecule has 0 spiro atoms. The van der Waals surface area contributed by atoms with Gasteiger partial charge >= 0.3 is 0 Å². The fraction of sp³-hybridized carbons (Fsp3) is 0.0625. The Bertz CT molecular complexity index is 891. The number of methoxy groups -OCH3 is 1. The molecule has 0 atom stereocenters. The van der Waals surface area contributed by atoms with Crippen molar-refractivity contribution in [2.24, 2.45) is 5.10 Å². The van der Waals surface area contributed by atoms with Gasteiger partial charge in [0.1, 0.15) is 5.75 Å². The van der Waals surface area contributed by atoms with Gasteiger partial charge in [-0.25, -0.2) is 5.10 Å². The van der Waals surface area contributed by atoms with E-state index in [-0.39, 0.29) is 0 Å². The molecule has 3 aromatic rings. The Morgan fingerprint density at radius 1 is 1.30 bits per heavy atom. The largest absolute Gasteiger partial charge is 0.496 e. The second kappa shape index (κ2) is 6.89. The fourth-order valence-electron chi connectivity index (χ4n) is 2.02. The van der Waals surface area contributed by atoms with Crippen LogP contribution in [0.3, 0.4) is 0 Å². The maximum Gasteiger partial charge on any atom is 0.219 e. The van der Waals surface area contributed by atoms with E-state index in [0.717, 1.165) is 11.3 Å². The lowest BCUT2D eigenvalue weighted by atomic mass is 10.2. The third-order valence-electron chi connectivity index (χ3n) is 3.07. The molecule has 0 aliphatic heterocycles. The molecular weight excluding hydrogens is 312 g/mol. The van der Waals surface area contributed by atoms with Crippen molar-refractivity contribution in [2.75, 3.05) is 7.11 Å². The number of nitrogens with zero attached hydrogens (tertiary/aromatic N) is 3. The Balaban J connectivity index is 1.83. The predicted octanol–water partition coefficient (Wildman–Crippen LogP) is 3.76. The number of para-hydroxylation sites is 1. The van der Waals surface area contributed by atoms with Crippen LogP contribution in [0, 0.1) is 4.77 Å². The third kappa shape index (κ3) is 3.29. The Hall–Kier alpha value is -2.93. The first-order valence-corrected chi connectivity index (χ1v) is 7.26. The lowest BCUT2D eigenvalue weighted by molar-refractivity contribution is 0.414. The number of ether oxygens (including phenoxy) is 1. The van der Waals surface area contributed by atoms with E-state index >= 15 is 0 Å². The van der Waals surface area contributed by atoms with Gasteiger partial charge in [0.05, 0.1) is 13.4 Å². The minimum absolute atomic E-state index is 0.387. The molecule has 6 nitrogen and oxygen atoms in total. The minimum Gasteiger partial charge on any atom is -0.496 e. The first-order valence-electron chi connectivity index (χ1n) is 6.85. The smallest absolute Gasteiger partial charge is 0.219 e. The molecule has 0 saturated heterocycles. The molecule has 0 bridgehead atoms. The zero-order valence-corrected chi connectivity index (χ0v) is 13.2. The van der Waals surface area contributed by atoms with E-state index in [0.29, 0.717) is 16.4 Å². The summed E-state index contributed by atoms with van der Waals surface area (Å²) in [5.41, 5.74) is 0.962. The summed E-state index contributed by atoms with van der Waals surface area (Å²) in [4.78, 5) is 0. The lowest BCUT2D eigenvalue weighted by Gasteiger charge is -2.02. The number of aromatic amines is 1. The standard InChI is InChI=1S/C16H14N4O2S/c1-21-13-8-3-2-6-12(13)7-4-10-17-20-15(18-19-16(20)23)14-9-5-11-22-14/h2-11H,1H3,(H,19,23). The van der Waals surface area contributed by atoms with Crippen molar-refractivity contribution in [1.29, 1.82) is 0 Å². The molecule has 1 N–H and O–H groups in total. The summed E-state index contributed by atoms with van der Waals surface area (Å²) in [7, 11) is 1.64. The van der Waals surface area contributed by atoms with E-state index in [2.05, 4.69) is 15.3 Å². The number of aromatic nitrogens is 3. The van der Waals surface area contributed by atoms with Crippen LogP contribution in [0.1, 0.15) is 5.56 Å². The number of allylic oxidation sites excluding steroid dienone is 1. The van der Waals surface area contributed by atoms with Crippen LogP contribution in [0.4, 0.5) is 0 Å². The van der Waals surface area contributed by atoms with Gasteiger partial charge in [-0.1, -0.05) is 18.2 Å². The van der Waals surface area contributed by atoms with E-state index in [4.69, 9.17) is 21.4 Å². The van der Waals surface area contributed by atoms with Crippen LogP contribution in [0.2, 0.25) is 0 Å². The number of hydrogen-bond acceptors (Lipinski definition) is 5. The van der Waals surface area contributed by atoms with Gasteiger partial charge < -0.3 is 9.15 Å². The van der Waals surface area contributed by atoms with Gasteiger partial charge in [0.25, 0.3) is 0 Å². The molecule has 0 aliphatic rings. The van der Waals surface area contributed by atoms with Crippen molar-refractivity contribution in [1.82, 2.24) is 14.9 Å². The van der Waals surface area contributed by atoms with Crippen LogP contribution < -0.4 is 4.74 Å². The first-order chi connectivity index (χ1) is 11.3. The van der Waals surface area contributed by atoms with E-state index in [9.17, 15) is 0 Å². The molecule has 0 fully saturated rings. The van der Waals surface area contributed by atoms with E-state index in [1.807, 2.05) is 30.3 Å². The molecule has 2 heterocycles. The predicted molar refractivity (Wildman–Crippen MR) is 91.0 cm³/mol. The summed E-state index contributed by atoms with van der Waals surface area (Å²) in [5.74, 6) is 1.90. The average molecular weight is 326 g/mol. The van der Waals surface area contributed by atoms with Gasteiger partial charge in [-0.3, -0.25) is 0 Å². The quantitative estimate of drug-likeness (QED) is 0.572. The lowest BCUT2D eigenvalue weighted by Crippen LogP contribution is -1.92. The normalized spacial score (nSPS) is 11.5. The van der Waals surface area contributed by atoms with Crippen molar-refractivity contribution in [3.8, 4) is 17.3 Å². The minimum atomic E-state index is 0.387. The molecule has 0 radical (unpaired) electrons. The highest BCUT2D eigenvalue weighted by atomic mass is 32.1. The maximum absolute atomic E-state index is 5.32. The van der Waals surface area contributed by atoms with Crippen molar-refractivity contribution in [3.05, 3.63) is 59.1 Å². The molecule has 0 amide bonds. The van der Waals surface area contributed by atoms with Gasteiger partial charge in [0, 0.05) is 11.8 Å². The van der Waals surface area contributed by atoms with Crippen molar-refractivity contribution < 1.29 is 9.15 Å². The summed E-state index contributed by atoms with van der Waals surface area (Å²) in [6, 6.07) is 11.3. The summed E-state index contributed by atoms with van der Waals surface area (Å²) >= 11 is 5.17. The summed E-state index contributed by atoms with van der Waals surface area (Å²) < 4.78 is 12.5. The van der Waals surface area contributed by atoms with Crippen molar-refractivity contribution in [3.63, 3.8) is 0 Å².